The van der Waals surface area contributed by atoms with Gasteiger partial charge in [0.15, 0.2) is 5.43 Å². The molecule has 3 aromatic carbocycles. The van der Waals surface area contributed by atoms with Crippen LogP contribution in [0.1, 0.15) is 29.3 Å². The molecule has 0 amide bonds. The van der Waals surface area contributed by atoms with Gasteiger partial charge in [-0.05, 0) is 53.9 Å². The zero-order chi connectivity index (χ0) is 25.7. The minimum atomic E-state index is -3.39. The average molecular weight is 508 g/mol. The largest absolute Gasteiger partial charge is 0.489 e. The van der Waals surface area contributed by atoms with Crippen LogP contribution in [-0.2, 0) is 21.4 Å². The molecule has 0 bridgehead atoms. The van der Waals surface area contributed by atoms with Crippen molar-refractivity contribution < 1.29 is 27.1 Å². The van der Waals surface area contributed by atoms with Crippen LogP contribution in [0.2, 0.25) is 0 Å². The van der Waals surface area contributed by atoms with Crippen molar-refractivity contribution in [3.63, 3.8) is 0 Å². The normalized spacial score (nSPS) is 11.3. The van der Waals surface area contributed by atoms with Crippen LogP contribution in [0.15, 0.2) is 82.2 Å². The molecule has 0 unspecified atom stereocenters. The summed E-state index contributed by atoms with van der Waals surface area (Å²) in [5, 5.41) is 0.388. The van der Waals surface area contributed by atoms with Crippen molar-refractivity contribution in [1.29, 1.82) is 0 Å². The molecule has 9 heteroatoms. The van der Waals surface area contributed by atoms with E-state index in [2.05, 4.69) is 4.72 Å². The van der Waals surface area contributed by atoms with Crippen LogP contribution in [0, 0.1) is 0 Å². The Morgan fingerprint density at radius 2 is 1.81 bits per heavy atom. The molecule has 1 N–H and O–H groups in total. The second kappa shape index (κ2) is 10.7. The number of benzene rings is 3. The van der Waals surface area contributed by atoms with Gasteiger partial charge in [-0.15, -0.1) is 0 Å². The molecule has 4 aromatic rings. The third-order valence-electron chi connectivity index (χ3n) is 5.25. The van der Waals surface area contributed by atoms with Crippen molar-refractivity contribution in [2.75, 3.05) is 17.6 Å². The van der Waals surface area contributed by atoms with Crippen LogP contribution in [0.4, 0.5) is 5.69 Å². The number of hydrogen-bond donors (Lipinski definition) is 1. The summed E-state index contributed by atoms with van der Waals surface area (Å²) in [5.41, 5.74) is 2.76. The number of hydrogen-bond acceptors (Lipinski definition) is 7. The molecule has 0 fully saturated rings. The molecule has 186 valence electrons. The molecule has 1 aromatic heterocycles. The molecule has 0 spiro atoms. The maximum absolute atomic E-state index is 13.1. The Kier molecular flexibility index (Phi) is 7.40. The molecule has 0 saturated carbocycles. The van der Waals surface area contributed by atoms with Crippen LogP contribution < -0.4 is 14.9 Å². The number of ether oxygens (including phenoxy) is 2. The summed E-state index contributed by atoms with van der Waals surface area (Å²) >= 11 is 0. The first-order valence-corrected chi connectivity index (χ1v) is 13.2. The molecule has 4 rings (SSSR count). The summed E-state index contributed by atoms with van der Waals surface area (Å²) in [6.45, 7) is 2.52. The predicted octanol–water partition coefficient (Wildman–Crippen LogP) is 4.98. The number of sulfonamides is 1. The highest BCUT2D eigenvalue weighted by atomic mass is 32.2. The van der Waals surface area contributed by atoms with Gasteiger partial charge in [-0.2, -0.15) is 0 Å². The van der Waals surface area contributed by atoms with Gasteiger partial charge < -0.3 is 13.9 Å². The number of carbonyl (C=O) groups excluding carboxylic acids is 1. The van der Waals surface area contributed by atoms with E-state index in [0.717, 1.165) is 18.2 Å². The Morgan fingerprint density at radius 1 is 1.03 bits per heavy atom. The molecule has 0 aliphatic rings. The van der Waals surface area contributed by atoms with Gasteiger partial charge in [-0.25, -0.2) is 13.2 Å². The predicted molar refractivity (Wildman–Crippen MR) is 138 cm³/mol. The average Bonchev–Trinajstić information content (AvgIpc) is 2.86. The fourth-order valence-electron chi connectivity index (χ4n) is 3.56. The molecule has 1 heterocycles. The molecule has 0 atom stereocenters. The number of nitrogens with one attached hydrogen (secondary N) is 1. The SMILES string of the molecule is CCCOC(=O)c1cccc(COc2ccc3c(=O)c(-c4ccc(NS(C)(=O)=O)cc4)coc3c2)c1. The Balaban J connectivity index is 1.50. The van der Waals surface area contributed by atoms with E-state index in [9.17, 15) is 18.0 Å². The minimum absolute atomic E-state index is 0.218. The summed E-state index contributed by atoms with van der Waals surface area (Å²) in [6, 6.07) is 18.4. The van der Waals surface area contributed by atoms with E-state index in [0.29, 0.717) is 45.7 Å². The maximum atomic E-state index is 13.1. The highest BCUT2D eigenvalue weighted by Crippen LogP contribution is 2.25. The highest BCUT2D eigenvalue weighted by molar-refractivity contribution is 7.92. The van der Waals surface area contributed by atoms with E-state index < -0.39 is 10.0 Å². The van der Waals surface area contributed by atoms with Crippen molar-refractivity contribution >= 4 is 32.6 Å². The molecule has 0 saturated heterocycles. The van der Waals surface area contributed by atoms with Gasteiger partial charge in [-0.3, -0.25) is 9.52 Å². The number of esters is 1. The zero-order valence-corrected chi connectivity index (χ0v) is 20.6. The maximum Gasteiger partial charge on any atom is 0.338 e. The van der Waals surface area contributed by atoms with Gasteiger partial charge in [0.05, 0.1) is 29.4 Å². The first-order valence-electron chi connectivity index (χ1n) is 11.3. The summed E-state index contributed by atoms with van der Waals surface area (Å²) in [6.07, 6.45) is 3.20. The lowest BCUT2D eigenvalue weighted by molar-refractivity contribution is 0.0505. The van der Waals surface area contributed by atoms with Crippen LogP contribution in [0.25, 0.3) is 22.1 Å². The fraction of sp³-hybridized carbons (Fsp3) is 0.185. The Bertz CT molecular complexity index is 1560. The minimum Gasteiger partial charge on any atom is -0.489 e. The van der Waals surface area contributed by atoms with Crippen molar-refractivity contribution in [3.05, 3.63) is 94.3 Å². The van der Waals surface area contributed by atoms with Gasteiger partial charge in [-0.1, -0.05) is 31.2 Å². The quantitative estimate of drug-likeness (QED) is 0.318. The summed E-state index contributed by atoms with van der Waals surface area (Å²) < 4.78 is 41.9. The Hall–Kier alpha value is -4.11. The molecule has 0 radical (unpaired) electrons. The molecule has 8 nitrogen and oxygen atoms in total. The van der Waals surface area contributed by atoms with Crippen LogP contribution in [-0.4, -0.2) is 27.2 Å². The molecule has 0 aliphatic carbocycles. The van der Waals surface area contributed by atoms with E-state index in [1.165, 1.54) is 6.26 Å². The first kappa shape index (κ1) is 25.0. The smallest absolute Gasteiger partial charge is 0.338 e. The second-order valence-electron chi connectivity index (χ2n) is 8.21. The van der Waals surface area contributed by atoms with Crippen LogP contribution >= 0.6 is 0 Å². The van der Waals surface area contributed by atoms with E-state index in [4.69, 9.17) is 13.9 Å². The fourth-order valence-corrected chi connectivity index (χ4v) is 4.13. The van der Waals surface area contributed by atoms with Crippen LogP contribution in [0.3, 0.4) is 0 Å². The van der Waals surface area contributed by atoms with E-state index in [1.54, 1.807) is 60.7 Å². The van der Waals surface area contributed by atoms with Crippen molar-refractivity contribution in [2.24, 2.45) is 0 Å². The zero-order valence-electron chi connectivity index (χ0n) is 19.8. The number of anilines is 1. The van der Waals surface area contributed by atoms with Crippen molar-refractivity contribution in [1.82, 2.24) is 0 Å². The second-order valence-corrected chi connectivity index (χ2v) is 9.96. The van der Waals surface area contributed by atoms with E-state index in [-0.39, 0.29) is 18.0 Å². The van der Waals surface area contributed by atoms with Crippen molar-refractivity contribution in [2.45, 2.75) is 20.0 Å². The first-order chi connectivity index (χ1) is 17.2. The number of rotatable bonds is 9. The lowest BCUT2D eigenvalue weighted by Gasteiger charge is -2.09. The summed E-state index contributed by atoms with van der Waals surface area (Å²) in [5.74, 6) is 0.136. The summed E-state index contributed by atoms with van der Waals surface area (Å²) in [4.78, 5) is 25.1. The van der Waals surface area contributed by atoms with Gasteiger partial charge in [0.1, 0.15) is 24.2 Å². The monoisotopic (exact) mass is 507 g/mol. The molecular formula is C27H25NO7S. The van der Waals surface area contributed by atoms with Gasteiger partial charge >= 0.3 is 5.97 Å². The topological polar surface area (TPSA) is 112 Å². The van der Waals surface area contributed by atoms with Crippen molar-refractivity contribution in [3.8, 4) is 16.9 Å². The van der Waals surface area contributed by atoms with E-state index in [1.807, 2.05) is 13.0 Å². The van der Waals surface area contributed by atoms with Gasteiger partial charge in [0.25, 0.3) is 0 Å². The molecule has 0 aliphatic heterocycles. The highest BCUT2D eigenvalue weighted by Gasteiger charge is 2.12. The Labute approximate surface area is 208 Å². The standard InChI is InChI=1S/C27H25NO7S/c1-3-13-33-27(30)20-6-4-5-18(14-20)16-34-22-11-12-23-25(15-22)35-17-24(26(23)29)19-7-9-21(10-8-19)28-36(2,31)32/h4-12,14-15,17,28H,3,13,16H2,1-2H3. The van der Waals surface area contributed by atoms with Gasteiger partial charge in [0, 0.05) is 11.8 Å². The number of carbonyl (C=O) groups is 1. The van der Waals surface area contributed by atoms with Crippen LogP contribution in [0.5, 0.6) is 5.75 Å². The van der Waals surface area contributed by atoms with E-state index >= 15 is 0 Å². The number of fused-ring (bicyclic) bond motifs is 1. The Morgan fingerprint density at radius 3 is 2.53 bits per heavy atom. The third kappa shape index (κ3) is 6.11. The molecule has 36 heavy (non-hydrogen) atoms. The molecular weight excluding hydrogens is 482 g/mol. The summed E-state index contributed by atoms with van der Waals surface area (Å²) in [7, 11) is -3.39. The van der Waals surface area contributed by atoms with Gasteiger partial charge in [0.2, 0.25) is 10.0 Å². The lowest BCUT2D eigenvalue weighted by Crippen LogP contribution is -2.09. The lowest BCUT2D eigenvalue weighted by atomic mass is 10.1. The third-order valence-corrected chi connectivity index (χ3v) is 5.86.